The van der Waals surface area contributed by atoms with Gasteiger partial charge in [-0.1, -0.05) is 25.0 Å². The van der Waals surface area contributed by atoms with Gasteiger partial charge in [-0.25, -0.2) is 19.6 Å². The van der Waals surface area contributed by atoms with E-state index in [1.54, 1.807) is 13.4 Å². The Hall–Kier alpha value is -3.68. The minimum Gasteiger partial charge on any atom is -0.479 e. The summed E-state index contributed by atoms with van der Waals surface area (Å²) in [5.41, 5.74) is 5.14. The zero-order valence-electron chi connectivity index (χ0n) is 21.1. The molecular weight excluding hydrogens is 450 g/mol. The molecule has 0 aliphatic carbocycles. The third-order valence-electron chi connectivity index (χ3n) is 7.39. The SMILES string of the molecule is COc1nc(-c2nc3n(n2)CCC[C@@H]3c2ccc(N3CCCCCC3)cc2)ccc1-n1cnc(C)c1. The summed E-state index contributed by atoms with van der Waals surface area (Å²) in [6, 6.07) is 13.1. The summed E-state index contributed by atoms with van der Waals surface area (Å²) in [6.07, 6.45) is 11.2. The van der Waals surface area contributed by atoms with Crippen molar-refractivity contribution in [2.75, 3.05) is 25.1 Å². The predicted octanol–water partition coefficient (Wildman–Crippen LogP) is 5.15. The molecule has 0 amide bonds. The second-order valence-electron chi connectivity index (χ2n) is 9.85. The Kier molecular flexibility index (Phi) is 6.17. The van der Waals surface area contributed by atoms with E-state index in [0.29, 0.717) is 17.4 Å². The standard InChI is InChI=1S/C28H33N7O/c1-20-18-34(19-29-20)25-14-13-24(30-28(25)36-2)26-31-27-23(8-7-17-35(27)32-26)21-9-11-22(12-10-21)33-15-5-3-4-6-16-33/h9-14,18-19,23H,3-8,15-17H2,1-2H3/t23-/m1/s1. The average molecular weight is 484 g/mol. The zero-order valence-corrected chi connectivity index (χ0v) is 21.1. The van der Waals surface area contributed by atoms with Crippen LogP contribution in [0.1, 0.15) is 61.5 Å². The van der Waals surface area contributed by atoms with Crippen LogP contribution in [0.5, 0.6) is 5.88 Å². The summed E-state index contributed by atoms with van der Waals surface area (Å²) < 4.78 is 9.59. The molecule has 0 spiro atoms. The predicted molar refractivity (Wildman–Crippen MR) is 140 cm³/mol. The highest BCUT2D eigenvalue weighted by Crippen LogP contribution is 2.35. The molecule has 3 aromatic heterocycles. The third-order valence-corrected chi connectivity index (χ3v) is 7.39. The van der Waals surface area contributed by atoms with Gasteiger partial charge in [-0.15, -0.1) is 5.10 Å². The first-order valence-electron chi connectivity index (χ1n) is 13.1. The maximum absolute atomic E-state index is 5.61. The highest BCUT2D eigenvalue weighted by Gasteiger charge is 2.27. The van der Waals surface area contributed by atoms with Gasteiger partial charge in [0.25, 0.3) is 0 Å². The van der Waals surface area contributed by atoms with E-state index < -0.39 is 0 Å². The number of ether oxygens (including phenoxy) is 1. The molecule has 0 bridgehead atoms. The summed E-state index contributed by atoms with van der Waals surface area (Å²) in [4.78, 5) is 16.6. The first-order valence-corrected chi connectivity index (χ1v) is 13.1. The van der Waals surface area contributed by atoms with Gasteiger partial charge < -0.3 is 14.2 Å². The fraction of sp³-hybridized carbons (Fsp3) is 0.429. The fourth-order valence-corrected chi connectivity index (χ4v) is 5.48. The van der Waals surface area contributed by atoms with Crippen LogP contribution in [0.15, 0.2) is 48.9 Å². The number of hydrogen-bond donors (Lipinski definition) is 0. The quantitative estimate of drug-likeness (QED) is 0.391. The lowest BCUT2D eigenvalue weighted by Gasteiger charge is -2.25. The molecule has 1 aromatic carbocycles. The number of aryl methyl sites for hydroxylation is 2. The lowest BCUT2D eigenvalue weighted by atomic mass is 9.91. The molecule has 0 saturated carbocycles. The normalized spacial score (nSPS) is 18.1. The largest absolute Gasteiger partial charge is 0.479 e. The zero-order chi connectivity index (χ0) is 24.5. The monoisotopic (exact) mass is 483 g/mol. The van der Waals surface area contributed by atoms with Crippen molar-refractivity contribution < 1.29 is 4.74 Å². The highest BCUT2D eigenvalue weighted by atomic mass is 16.5. The van der Waals surface area contributed by atoms with E-state index in [9.17, 15) is 0 Å². The van der Waals surface area contributed by atoms with Gasteiger partial charge in [-0.05, 0) is 62.4 Å². The maximum Gasteiger partial charge on any atom is 0.238 e. The molecule has 6 rings (SSSR count). The van der Waals surface area contributed by atoms with Gasteiger partial charge in [0.2, 0.25) is 5.88 Å². The van der Waals surface area contributed by atoms with Crippen LogP contribution in [0, 0.1) is 6.92 Å². The lowest BCUT2D eigenvalue weighted by molar-refractivity contribution is 0.396. The first kappa shape index (κ1) is 22.8. The summed E-state index contributed by atoms with van der Waals surface area (Å²) in [5, 5.41) is 4.84. The number of pyridine rings is 1. The molecule has 8 nitrogen and oxygen atoms in total. The van der Waals surface area contributed by atoms with Crippen LogP contribution in [-0.4, -0.2) is 49.5 Å². The van der Waals surface area contributed by atoms with Crippen LogP contribution in [0.4, 0.5) is 5.69 Å². The lowest BCUT2D eigenvalue weighted by Crippen LogP contribution is -2.23. The Morgan fingerprint density at radius 3 is 2.42 bits per heavy atom. The smallest absolute Gasteiger partial charge is 0.238 e. The summed E-state index contributed by atoms with van der Waals surface area (Å²) in [6.45, 7) is 5.17. The van der Waals surface area contributed by atoms with Crippen molar-refractivity contribution in [1.82, 2.24) is 29.3 Å². The Labute approximate surface area is 212 Å². The number of imidazole rings is 1. The second-order valence-corrected chi connectivity index (χ2v) is 9.85. The second kappa shape index (κ2) is 9.76. The number of aromatic nitrogens is 6. The molecule has 36 heavy (non-hydrogen) atoms. The van der Waals surface area contributed by atoms with Crippen molar-refractivity contribution in [3.63, 3.8) is 0 Å². The number of rotatable bonds is 5. The third kappa shape index (κ3) is 4.36. The van der Waals surface area contributed by atoms with Gasteiger partial charge in [-0.3, -0.25) is 0 Å². The van der Waals surface area contributed by atoms with Crippen molar-refractivity contribution in [3.8, 4) is 23.1 Å². The number of anilines is 1. The van der Waals surface area contributed by atoms with Gasteiger partial charge in [-0.2, -0.15) is 0 Å². The van der Waals surface area contributed by atoms with Gasteiger partial charge in [0.05, 0.1) is 19.1 Å². The van der Waals surface area contributed by atoms with Crippen LogP contribution in [0.2, 0.25) is 0 Å². The van der Waals surface area contributed by atoms with E-state index in [1.165, 1.54) is 36.9 Å². The molecule has 5 heterocycles. The Morgan fingerprint density at radius 1 is 0.889 bits per heavy atom. The molecule has 2 aliphatic rings. The van der Waals surface area contributed by atoms with Gasteiger partial charge in [0.15, 0.2) is 5.82 Å². The Bertz CT molecular complexity index is 1330. The fourth-order valence-electron chi connectivity index (χ4n) is 5.48. The van der Waals surface area contributed by atoms with Gasteiger partial charge >= 0.3 is 0 Å². The van der Waals surface area contributed by atoms with Crippen LogP contribution in [0.3, 0.4) is 0 Å². The van der Waals surface area contributed by atoms with E-state index in [1.807, 2.05) is 29.8 Å². The van der Waals surface area contributed by atoms with Gasteiger partial charge in [0, 0.05) is 37.4 Å². The molecule has 8 heteroatoms. The molecule has 186 valence electrons. The molecule has 1 fully saturated rings. The van der Waals surface area contributed by atoms with Crippen molar-refractivity contribution in [2.24, 2.45) is 0 Å². The molecule has 0 N–H and O–H groups in total. The summed E-state index contributed by atoms with van der Waals surface area (Å²) >= 11 is 0. The minimum atomic E-state index is 0.244. The van der Waals surface area contributed by atoms with Crippen molar-refractivity contribution >= 4 is 5.69 Å². The number of nitrogens with zero attached hydrogens (tertiary/aromatic N) is 7. The number of hydrogen-bond acceptors (Lipinski definition) is 6. The molecule has 1 atom stereocenters. The minimum absolute atomic E-state index is 0.244. The van der Waals surface area contributed by atoms with E-state index >= 15 is 0 Å². The molecule has 1 saturated heterocycles. The number of methoxy groups -OCH3 is 1. The van der Waals surface area contributed by atoms with Crippen molar-refractivity contribution in [3.05, 3.63) is 66.0 Å². The van der Waals surface area contributed by atoms with Gasteiger partial charge in [0.1, 0.15) is 17.2 Å². The number of benzene rings is 1. The van der Waals surface area contributed by atoms with E-state index in [-0.39, 0.29) is 5.92 Å². The molecular formula is C28H33N7O. The molecule has 0 radical (unpaired) electrons. The van der Waals surface area contributed by atoms with E-state index in [4.69, 9.17) is 19.8 Å². The maximum atomic E-state index is 5.61. The molecule has 0 unspecified atom stereocenters. The average Bonchev–Trinajstić information content (AvgIpc) is 3.45. The van der Waals surface area contributed by atoms with Crippen LogP contribution in [0.25, 0.3) is 17.2 Å². The Balaban J connectivity index is 1.27. The topological polar surface area (TPSA) is 73.9 Å². The van der Waals surface area contributed by atoms with E-state index in [0.717, 1.165) is 49.7 Å². The first-order chi connectivity index (χ1) is 17.7. The highest BCUT2D eigenvalue weighted by molar-refractivity contribution is 5.56. The summed E-state index contributed by atoms with van der Waals surface area (Å²) in [5.74, 6) is 2.44. The number of fused-ring (bicyclic) bond motifs is 1. The van der Waals surface area contributed by atoms with Crippen LogP contribution < -0.4 is 9.64 Å². The van der Waals surface area contributed by atoms with Crippen LogP contribution in [-0.2, 0) is 6.54 Å². The van der Waals surface area contributed by atoms with Crippen LogP contribution >= 0.6 is 0 Å². The van der Waals surface area contributed by atoms with Crippen molar-refractivity contribution in [2.45, 2.75) is 57.9 Å². The summed E-state index contributed by atoms with van der Waals surface area (Å²) in [7, 11) is 1.64. The molecule has 4 aromatic rings. The molecule has 2 aliphatic heterocycles. The van der Waals surface area contributed by atoms with Crippen molar-refractivity contribution in [1.29, 1.82) is 0 Å². The Morgan fingerprint density at radius 2 is 1.69 bits per heavy atom. The van der Waals surface area contributed by atoms with E-state index in [2.05, 4.69) is 38.8 Å².